The molecule has 7 nitrogen and oxygen atoms in total. The van der Waals surface area contributed by atoms with Crippen LogP contribution in [0.4, 0.5) is 0 Å². The molecule has 0 unspecified atom stereocenters. The molecule has 0 saturated carbocycles. The van der Waals surface area contributed by atoms with Gasteiger partial charge in [0.1, 0.15) is 5.75 Å². The van der Waals surface area contributed by atoms with Gasteiger partial charge in [-0.15, -0.1) is 0 Å². The molecule has 0 fully saturated rings. The molecule has 0 radical (unpaired) electrons. The summed E-state index contributed by atoms with van der Waals surface area (Å²) in [7, 11) is 1.46. The SMILES string of the molecule is CCOc1ccc(C(=O)NN=Cc2ccc(OC(=O)c3ccccc3Cl)c(OC)c2)cc1. The second-order valence-electron chi connectivity index (χ2n) is 6.44. The first kappa shape index (κ1) is 22.8. The number of amides is 1. The van der Waals surface area contributed by atoms with E-state index in [0.29, 0.717) is 34.3 Å². The molecule has 0 aliphatic rings. The van der Waals surface area contributed by atoms with Crippen LogP contribution in [0.5, 0.6) is 17.2 Å². The predicted octanol–water partition coefficient (Wildman–Crippen LogP) is 4.73. The lowest BCUT2D eigenvalue weighted by Crippen LogP contribution is -2.17. The highest BCUT2D eigenvalue weighted by Crippen LogP contribution is 2.29. The van der Waals surface area contributed by atoms with Crippen LogP contribution >= 0.6 is 11.6 Å². The number of rotatable bonds is 8. The minimum Gasteiger partial charge on any atom is -0.494 e. The van der Waals surface area contributed by atoms with E-state index in [1.165, 1.54) is 13.3 Å². The number of halogens is 1. The molecule has 0 saturated heterocycles. The van der Waals surface area contributed by atoms with Crippen molar-refractivity contribution in [2.24, 2.45) is 5.10 Å². The third kappa shape index (κ3) is 5.86. The molecule has 0 aliphatic heterocycles. The van der Waals surface area contributed by atoms with Crippen molar-refractivity contribution in [1.29, 1.82) is 0 Å². The largest absolute Gasteiger partial charge is 0.494 e. The molecule has 0 aliphatic carbocycles. The van der Waals surface area contributed by atoms with E-state index in [4.69, 9.17) is 25.8 Å². The van der Waals surface area contributed by atoms with Gasteiger partial charge in [0, 0.05) is 5.56 Å². The van der Waals surface area contributed by atoms with E-state index in [9.17, 15) is 9.59 Å². The topological polar surface area (TPSA) is 86.2 Å². The van der Waals surface area contributed by atoms with Gasteiger partial charge >= 0.3 is 5.97 Å². The number of ether oxygens (including phenoxy) is 3. The van der Waals surface area contributed by atoms with Crippen molar-refractivity contribution in [3.63, 3.8) is 0 Å². The van der Waals surface area contributed by atoms with Crippen molar-refractivity contribution in [3.05, 3.63) is 88.4 Å². The zero-order valence-corrected chi connectivity index (χ0v) is 18.3. The van der Waals surface area contributed by atoms with E-state index in [1.807, 2.05) is 6.92 Å². The van der Waals surface area contributed by atoms with E-state index < -0.39 is 5.97 Å². The maximum absolute atomic E-state index is 12.4. The van der Waals surface area contributed by atoms with Crippen LogP contribution < -0.4 is 19.6 Å². The van der Waals surface area contributed by atoms with Crippen molar-refractivity contribution in [3.8, 4) is 17.2 Å². The molecule has 1 N–H and O–H groups in total. The molecule has 0 heterocycles. The van der Waals surface area contributed by atoms with Crippen molar-refractivity contribution in [1.82, 2.24) is 5.43 Å². The fourth-order valence-electron chi connectivity index (χ4n) is 2.73. The Hall–Kier alpha value is -3.84. The van der Waals surface area contributed by atoms with Gasteiger partial charge in [0.05, 0.1) is 30.5 Å². The van der Waals surface area contributed by atoms with Crippen LogP contribution in [0.25, 0.3) is 0 Å². The molecule has 0 spiro atoms. The molecule has 8 heteroatoms. The Kier molecular flexibility index (Phi) is 7.83. The lowest BCUT2D eigenvalue weighted by Gasteiger charge is -2.10. The van der Waals surface area contributed by atoms with E-state index in [0.717, 1.165) is 0 Å². The zero-order valence-electron chi connectivity index (χ0n) is 17.5. The monoisotopic (exact) mass is 452 g/mol. The number of benzene rings is 3. The normalized spacial score (nSPS) is 10.6. The summed E-state index contributed by atoms with van der Waals surface area (Å²) in [5.74, 6) is 0.287. The lowest BCUT2D eigenvalue weighted by atomic mass is 10.2. The van der Waals surface area contributed by atoms with Gasteiger partial charge in [-0.05, 0) is 67.1 Å². The number of carbonyl (C=O) groups is 2. The quantitative estimate of drug-likeness (QED) is 0.231. The second kappa shape index (κ2) is 11.0. The van der Waals surface area contributed by atoms with Crippen LogP contribution in [-0.4, -0.2) is 31.8 Å². The summed E-state index contributed by atoms with van der Waals surface area (Å²) in [6, 6.07) is 18.2. The molecule has 164 valence electrons. The minimum atomic E-state index is -0.599. The Morgan fingerprint density at radius 2 is 1.78 bits per heavy atom. The number of nitrogens with one attached hydrogen (secondary N) is 1. The smallest absolute Gasteiger partial charge is 0.345 e. The van der Waals surface area contributed by atoms with Crippen LogP contribution in [0.15, 0.2) is 71.8 Å². The highest BCUT2D eigenvalue weighted by Gasteiger charge is 2.15. The maximum atomic E-state index is 12.4. The van der Waals surface area contributed by atoms with Crippen molar-refractivity contribution >= 4 is 29.7 Å². The van der Waals surface area contributed by atoms with Crippen LogP contribution in [-0.2, 0) is 0 Å². The van der Waals surface area contributed by atoms with Crippen molar-refractivity contribution in [2.45, 2.75) is 6.92 Å². The van der Waals surface area contributed by atoms with Gasteiger partial charge in [0.15, 0.2) is 11.5 Å². The first-order valence-electron chi connectivity index (χ1n) is 9.72. The van der Waals surface area contributed by atoms with E-state index in [-0.39, 0.29) is 17.2 Å². The number of nitrogens with zero attached hydrogens (tertiary/aromatic N) is 1. The van der Waals surface area contributed by atoms with E-state index in [1.54, 1.807) is 66.7 Å². The average molecular weight is 453 g/mol. The fourth-order valence-corrected chi connectivity index (χ4v) is 2.94. The number of hydrogen-bond acceptors (Lipinski definition) is 6. The van der Waals surface area contributed by atoms with Gasteiger partial charge in [-0.1, -0.05) is 23.7 Å². The first-order valence-corrected chi connectivity index (χ1v) is 10.1. The number of methoxy groups -OCH3 is 1. The number of hydrazone groups is 1. The highest BCUT2D eigenvalue weighted by molar-refractivity contribution is 6.33. The summed E-state index contributed by atoms with van der Waals surface area (Å²) in [5.41, 5.74) is 3.79. The molecule has 1 amide bonds. The Labute approximate surface area is 190 Å². The third-order valence-corrected chi connectivity index (χ3v) is 4.62. The van der Waals surface area contributed by atoms with Gasteiger partial charge < -0.3 is 14.2 Å². The van der Waals surface area contributed by atoms with Gasteiger partial charge in [0.25, 0.3) is 5.91 Å². The lowest BCUT2D eigenvalue weighted by molar-refractivity contribution is 0.0729. The number of esters is 1. The standard InChI is InChI=1S/C24H21ClN2O5/c1-3-31-18-11-9-17(10-12-18)23(28)27-26-15-16-8-13-21(22(14-16)30-2)32-24(29)19-6-4-5-7-20(19)25/h4-15H,3H2,1-2H3,(H,27,28). The predicted molar refractivity (Wildman–Crippen MR) is 122 cm³/mol. The van der Waals surface area contributed by atoms with E-state index >= 15 is 0 Å². The average Bonchev–Trinajstić information content (AvgIpc) is 2.80. The molecule has 0 aromatic heterocycles. The maximum Gasteiger partial charge on any atom is 0.345 e. The van der Waals surface area contributed by atoms with E-state index in [2.05, 4.69) is 10.5 Å². The number of carbonyl (C=O) groups excluding carboxylic acids is 2. The highest BCUT2D eigenvalue weighted by atomic mass is 35.5. The summed E-state index contributed by atoms with van der Waals surface area (Å²) in [6.07, 6.45) is 1.45. The van der Waals surface area contributed by atoms with Crippen LogP contribution in [0.1, 0.15) is 33.2 Å². The summed E-state index contributed by atoms with van der Waals surface area (Å²) < 4.78 is 16.1. The second-order valence-corrected chi connectivity index (χ2v) is 6.84. The number of hydrogen-bond donors (Lipinski definition) is 1. The Bertz CT molecular complexity index is 1130. The van der Waals surface area contributed by atoms with Gasteiger partial charge in [0.2, 0.25) is 0 Å². The van der Waals surface area contributed by atoms with Crippen LogP contribution in [0.3, 0.4) is 0 Å². The van der Waals surface area contributed by atoms with Gasteiger partial charge in [-0.2, -0.15) is 5.10 Å². The molecular weight excluding hydrogens is 432 g/mol. The summed E-state index contributed by atoms with van der Waals surface area (Å²) in [4.78, 5) is 24.6. The molecule has 3 aromatic rings. The van der Waals surface area contributed by atoms with Gasteiger partial charge in [-0.3, -0.25) is 4.79 Å². The van der Waals surface area contributed by atoms with Crippen molar-refractivity contribution < 1.29 is 23.8 Å². The summed E-state index contributed by atoms with van der Waals surface area (Å²) >= 11 is 6.04. The molecule has 32 heavy (non-hydrogen) atoms. The molecule has 0 atom stereocenters. The fraction of sp³-hybridized carbons (Fsp3) is 0.125. The summed E-state index contributed by atoms with van der Waals surface area (Å²) in [5, 5.41) is 4.26. The minimum absolute atomic E-state index is 0.230. The first-order chi connectivity index (χ1) is 15.5. The molecule has 0 bridgehead atoms. The van der Waals surface area contributed by atoms with Gasteiger partial charge in [-0.25, -0.2) is 10.2 Å². The molecule has 3 aromatic carbocycles. The Morgan fingerprint density at radius 3 is 2.47 bits per heavy atom. The molecule has 3 rings (SSSR count). The zero-order chi connectivity index (χ0) is 22.9. The Balaban J connectivity index is 1.65. The Morgan fingerprint density at radius 1 is 1.03 bits per heavy atom. The van der Waals surface area contributed by atoms with Crippen LogP contribution in [0, 0.1) is 0 Å². The summed E-state index contributed by atoms with van der Waals surface area (Å²) in [6.45, 7) is 2.44. The third-order valence-electron chi connectivity index (χ3n) is 4.29. The molecular formula is C24H21ClN2O5. The van der Waals surface area contributed by atoms with Crippen LogP contribution in [0.2, 0.25) is 5.02 Å². The van der Waals surface area contributed by atoms with Crippen molar-refractivity contribution in [2.75, 3.05) is 13.7 Å².